The Morgan fingerprint density at radius 2 is 1.86 bits per heavy atom. The first-order chi connectivity index (χ1) is 9.65. The van der Waals surface area contributed by atoms with Crippen molar-refractivity contribution >= 4 is 29.9 Å². The number of halogens is 1. The van der Waals surface area contributed by atoms with Gasteiger partial charge in [0.05, 0.1) is 6.54 Å². The number of rotatable bonds is 4. The van der Waals surface area contributed by atoms with Crippen LogP contribution in [0.25, 0.3) is 0 Å². The van der Waals surface area contributed by atoms with Crippen LogP contribution in [0, 0.1) is 0 Å². The lowest BCUT2D eigenvalue weighted by atomic mass is 10.1. The van der Waals surface area contributed by atoms with E-state index in [1.165, 1.54) is 30.4 Å². The number of nitrogens with two attached hydrogens (primary N) is 1. The molecule has 1 aromatic carbocycles. The largest absolute Gasteiger partial charge is 0.370 e. The van der Waals surface area contributed by atoms with Gasteiger partial charge < -0.3 is 15.5 Å². The first-order valence-electron chi connectivity index (χ1n) is 7.42. The molecule has 1 saturated heterocycles. The summed E-state index contributed by atoms with van der Waals surface area (Å²) in [5.74, 6) is 0.697. The van der Waals surface area contributed by atoms with Gasteiger partial charge in [-0.2, -0.15) is 0 Å². The third kappa shape index (κ3) is 6.22. The number of aliphatic imine (C=N–C) groups is 1. The van der Waals surface area contributed by atoms with Gasteiger partial charge in [-0.1, -0.05) is 24.3 Å². The summed E-state index contributed by atoms with van der Waals surface area (Å²) in [7, 11) is 4.17. The second-order valence-electron chi connectivity index (χ2n) is 5.78. The lowest BCUT2D eigenvalue weighted by Crippen LogP contribution is -2.40. The Morgan fingerprint density at radius 1 is 1.19 bits per heavy atom. The van der Waals surface area contributed by atoms with Crippen molar-refractivity contribution in [2.24, 2.45) is 10.7 Å². The molecule has 0 spiro atoms. The fourth-order valence-corrected chi connectivity index (χ4v) is 2.59. The summed E-state index contributed by atoms with van der Waals surface area (Å²) in [5, 5.41) is 0. The van der Waals surface area contributed by atoms with Crippen molar-refractivity contribution in [2.75, 3.05) is 27.2 Å². The summed E-state index contributed by atoms with van der Waals surface area (Å²) < 4.78 is 0. The van der Waals surface area contributed by atoms with Gasteiger partial charge in [0, 0.05) is 19.6 Å². The number of likely N-dealkylation sites (tertiary alicyclic amines) is 1. The second-order valence-corrected chi connectivity index (χ2v) is 5.78. The molecule has 5 heteroatoms. The highest BCUT2D eigenvalue weighted by molar-refractivity contribution is 14.0. The van der Waals surface area contributed by atoms with E-state index in [4.69, 9.17) is 5.73 Å². The number of nitrogens with zero attached hydrogens (tertiary/aromatic N) is 3. The molecule has 0 unspecified atom stereocenters. The average molecular weight is 402 g/mol. The minimum absolute atomic E-state index is 0. The zero-order valence-electron chi connectivity index (χ0n) is 13.1. The van der Waals surface area contributed by atoms with Gasteiger partial charge in [0.2, 0.25) is 0 Å². The highest BCUT2D eigenvalue weighted by atomic mass is 127. The van der Waals surface area contributed by atoms with Crippen LogP contribution in [0.4, 0.5) is 0 Å². The Hall–Kier alpha value is -0.820. The predicted octanol–water partition coefficient (Wildman–Crippen LogP) is 2.67. The fraction of sp³-hybridized carbons (Fsp3) is 0.562. The van der Waals surface area contributed by atoms with E-state index in [0.29, 0.717) is 12.5 Å². The summed E-state index contributed by atoms with van der Waals surface area (Å²) >= 11 is 0. The molecular formula is C16H27IN4. The van der Waals surface area contributed by atoms with Gasteiger partial charge in [0.1, 0.15) is 0 Å². The maximum Gasteiger partial charge on any atom is 0.191 e. The van der Waals surface area contributed by atoms with E-state index < -0.39 is 0 Å². The van der Waals surface area contributed by atoms with Crippen LogP contribution in [0.1, 0.15) is 30.4 Å². The van der Waals surface area contributed by atoms with Crippen LogP contribution >= 0.6 is 24.0 Å². The van der Waals surface area contributed by atoms with Crippen molar-refractivity contribution in [1.82, 2.24) is 9.80 Å². The minimum Gasteiger partial charge on any atom is -0.370 e. The Labute approximate surface area is 145 Å². The third-order valence-electron chi connectivity index (χ3n) is 3.59. The standard InChI is InChI=1S/C16H26N4.HI/c1-19(2)13-15-8-6-7-14(11-15)12-18-16(17)20-9-4-3-5-10-20;/h6-8,11H,3-5,9-10,12-13H2,1-2H3,(H2,17,18);1H. The number of hydrogen-bond acceptors (Lipinski definition) is 2. The van der Waals surface area contributed by atoms with Crippen LogP contribution < -0.4 is 5.73 Å². The van der Waals surface area contributed by atoms with Gasteiger partial charge in [-0.3, -0.25) is 0 Å². The molecule has 2 N–H and O–H groups in total. The molecule has 0 radical (unpaired) electrons. The highest BCUT2D eigenvalue weighted by Crippen LogP contribution is 2.10. The summed E-state index contributed by atoms with van der Waals surface area (Å²) in [4.78, 5) is 8.92. The van der Waals surface area contributed by atoms with Crippen molar-refractivity contribution in [2.45, 2.75) is 32.4 Å². The van der Waals surface area contributed by atoms with Crippen LogP contribution in [0.5, 0.6) is 0 Å². The van der Waals surface area contributed by atoms with E-state index in [1.807, 2.05) is 0 Å². The first-order valence-corrected chi connectivity index (χ1v) is 7.42. The average Bonchev–Trinajstić information content (AvgIpc) is 2.45. The monoisotopic (exact) mass is 402 g/mol. The van der Waals surface area contributed by atoms with E-state index in [-0.39, 0.29) is 24.0 Å². The minimum atomic E-state index is 0. The van der Waals surface area contributed by atoms with E-state index >= 15 is 0 Å². The summed E-state index contributed by atoms with van der Waals surface area (Å²) in [5.41, 5.74) is 8.63. The Bertz CT molecular complexity index is 453. The third-order valence-corrected chi connectivity index (χ3v) is 3.59. The molecule has 0 amide bonds. The smallest absolute Gasteiger partial charge is 0.191 e. The molecule has 1 aliphatic rings. The maximum atomic E-state index is 6.08. The number of benzene rings is 1. The zero-order valence-corrected chi connectivity index (χ0v) is 15.4. The summed E-state index contributed by atoms with van der Waals surface area (Å²) in [6, 6.07) is 8.58. The SMILES string of the molecule is CN(C)Cc1cccc(CN=C(N)N2CCCCC2)c1.I. The molecule has 2 rings (SSSR count). The highest BCUT2D eigenvalue weighted by Gasteiger charge is 2.11. The Balaban J connectivity index is 0.00000220. The van der Waals surface area contributed by atoms with Gasteiger partial charge in [-0.15, -0.1) is 24.0 Å². The van der Waals surface area contributed by atoms with E-state index in [9.17, 15) is 0 Å². The Kier molecular flexibility index (Phi) is 8.03. The van der Waals surface area contributed by atoms with Gasteiger partial charge in [-0.25, -0.2) is 4.99 Å². The number of hydrogen-bond donors (Lipinski definition) is 1. The topological polar surface area (TPSA) is 44.9 Å². The molecule has 1 heterocycles. The molecular weight excluding hydrogens is 375 g/mol. The molecule has 1 fully saturated rings. The maximum absolute atomic E-state index is 6.08. The van der Waals surface area contributed by atoms with Crippen molar-refractivity contribution in [3.63, 3.8) is 0 Å². The molecule has 0 aliphatic carbocycles. The molecule has 21 heavy (non-hydrogen) atoms. The van der Waals surface area contributed by atoms with Crippen LogP contribution in [0.3, 0.4) is 0 Å². The lowest BCUT2D eigenvalue weighted by Gasteiger charge is -2.27. The molecule has 4 nitrogen and oxygen atoms in total. The summed E-state index contributed by atoms with van der Waals surface area (Å²) in [6.07, 6.45) is 3.78. The number of guanidine groups is 1. The van der Waals surface area contributed by atoms with Crippen LogP contribution in [-0.4, -0.2) is 42.9 Å². The van der Waals surface area contributed by atoms with E-state index in [1.54, 1.807) is 0 Å². The van der Waals surface area contributed by atoms with Gasteiger partial charge in [0.25, 0.3) is 0 Å². The molecule has 118 valence electrons. The first kappa shape index (κ1) is 18.2. The van der Waals surface area contributed by atoms with Crippen molar-refractivity contribution < 1.29 is 0 Å². The van der Waals surface area contributed by atoms with Crippen molar-refractivity contribution in [3.05, 3.63) is 35.4 Å². The molecule has 1 aliphatic heterocycles. The zero-order chi connectivity index (χ0) is 14.4. The molecule has 0 atom stereocenters. The van der Waals surface area contributed by atoms with E-state index in [2.05, 4.69) is 53.2 Å². The van der Waals surface area contributed by atoms with E-state index in [0.717, 1.165) is 19.6 Å². The fourth-order valence-electron chi connectivity index (χ4n) is 2.59. The van der Waals surface area contributed by atoms with Gasteiger partial charge in [-0.05, 0) is 44.5 Å². The lowest BCUT2D eigenvalue weighted by molar-refractivity contribution is 0.338. The quantitative estimate of drug-likeness (QED) is 0.479. The Morgan fingerprint density at radius 3 is 2.52 bits per heavy atom. The van der Waals surface area contributed by atoms with Crippen LogP contribution in [0.15, 0.2) is 29.3 Å². The van der Waals surface area contributed by atoms with Crippen molar-refractivity contribution in [3.8, 4) is 0 Å². The van der Waals surface area contributed by atoms with Crippen molar-refractivity contribution in [1.29, 1.82) is 0 Å². The molecule has 0 aromatic heterocycles. The molecule has 1 aromatic rings. The second kappa shape index (κ2) is 9.25. The number of piperidine rings is 1. The van der Waals surface area contributed by atoms with Crippen LogP contribution in [-0.2, 0) is 13.1 Å². The van der Waals surface area contributed by atoms with Gasteiger partial charge >= 0.3 is 0 Å². The normalized spacial score (nSPS) is 16.0. The predicted molar refractivity (Wildman–Crippen MR) is 100.0 cm³/mol. The molecule has 0 saturated carbocycles. The summed E-state index contributed by atoms with van der Waals surface area (Å²) in [6.45, 7) is 3.73. The molecule has 0 bridgehead atoms. The van der Waals surface area contributed by atoms with Crippen LogP contribution in [0.2, 0.25) is 0 Å². The van der Waals surface area contributed by atoms with Gasteiger partial charge in [0.15, 0.2) is 5.96 Å².